The van der Waals surface area contributed by atoms with Crippen LogP contribution in [0.2, 0.25) is 0 Å². The number of ether oxygens (including phenoxy) is 1. The van der Waals surface area contributed by atoms with Gasteiger partial charge < -0.3 is 15.8 Å². The van der Waals surface area contributed by atoms with Gasteiger partial charge in [0.05, 0.1) is 23.4 Å². The first kappa shape index (κ1) is 24.1. The molecule has 0 aliphatic rings. The fourth-order valence-electron chi connectivity index (χ4n) is 2.72. The molecule has 6 heteroatoms. The molecular formula is C23H30F2N2O2. The van der Waals surface area contributed by atoms with E-state index < -0.39 is 17.6 Å². The molecule has 0 aromatic heterocycles. The highest BCUT2D eigenvalue weighted by Gasteiger charge is 2.17. The zero-order chi connectivity index (χ0) is 21.8. The van der Waals surface area contributed by atoms with E-state index in [2.05, 4.69) is 11.9 Å². The summed E-state index contributed by atoms with van der Waals surface area (Å²) < 4.78 is 34.1. The van der Waals surface area contributed by atoms with Crippen LogP contribution in [-0.2, 0) is 9.53 Å². The molecule has 0 atom stereocenters. The Labute approximate surface area is 171 Å². The number of anilines is 1. The van der Waals surface area contributed by atoms with Crippen LogP contribution in [0.1, 0.15) is 52.0 Å². The van der Waals surface area contributed by atoms with Gasteiger partial charge >= 0.3 is 5.97 Å². The number of nitrogens with two attached hydrogens (primary N) is 1. The number of hydrogen-bond acceptors (Lipinski definition) is 4. The average Bonchev–Trinajstić information content (AvgIpc) is 2.70. The van der Waals surface area contributed by atoms with Gasteiger partial charge in [0.2, 0.25) is 0 Å². The Balaban J connectivity index is 3.52. The van der Waals surface area contributed by atoms with Gasteiger partial charge in [-0.2, -0.15) is 0 Å². The standard InChI is InChI=1S/C23H30F2N2O2/c1-5-9-11-16(21-18(24)13-14-19(26)22(21)25)12-15-20(27-7-3)17(10-6-2)23(28)29-8-4/h7,11-15,27H,3,5-6,8-10,26H2,1-2,4H3/b15-12-,16-11-,20-17+. The molecule has 0 saturated carbocycles. The maximum absolute atomic E-state index is 14.6. The van der Waals surface area contributed by atoms with Gasteiger partial charge in [-0.3, -0.25) is 0 Å². The number of esters is 1. The molecule has 0 fully saturated rings. The van der Waals surface area contributed by atoms with Crippen LogP contribution in [0.3, 0.4) is 0 Å². The second kappa shape index (κ2) is 12.5. The third kappa shape index (κ3) is 6.89. The van der Waals surface area contributed by atoms with E-state index in [9.17, 15) is 13.6 Å². The molecule has 1 aromatic carbocycles. The predicted molar refractivity (Wildman–Crippen MR) is 115 cm³/mol. The van der Waals surface area contributed by atoms with Gasteiger partial charge in [-0.25, -0.2) is 13.6 Å². The van der Waals surface area contributed by atoms with Gasteiger partial charge in [-0.05, 0) is 49.7 Å². The van der Waals surface area contributed by atoms with Crippen LogP contribution in [0.5, 0.6) is 0 Å². The number of halogens is 2. The lowest BCUT2D eigenvalue weighted by atomic mass is 10.00. The SMILES string of the molecule is C=CNC(/C=C\C(=C\CCC)c1c(F)ccc(N)c1F)=C(\CCC)C(=O)OCC. The van der Waals surface area contributed by atoms with Crippen molar-refractivity contribution in [3.8, 4) is 0 Å². The summed E-state index contributed by atoms with van der Waals surface area (Å²) in [5, 5.41) is 2.93. The summed E-state index contributed by atoms with van der Waals surface area (Å²) in [5.74, 6) is -1.95. The molecule has 158 valence electrons. The Morgan fingerprint density at radius 2 is 1.93 bits per heavy atom. The van der Waals surface area contributed by atoms with E-state index >= 15 is 0 Å². The molecule has 0 unspecified atom stereocenters. The quantitative estimate of drug-likeness (QED) is 0.217. The zero-order valence-electron chi connectivity index (χ0n) is 17.4. The van der Waals surface area contributed by atoms with Crippen molar-refractivity contribution in [3.63, 3.8) is 0 Å². The largest absolute Gasteiger partial charge is 0.463 e. The maximum Gasteiger partial charge on any atom is 0.336 e. The van der Waals surface area contributed by atoms with Gasteiger partial charge in [0, 0.05) is 5.70 Å². The first-order chi connectivity index (χ1) is 13.9. The summed E-state index contributed by atoms with van der Waals surface area (Å²) in [5.41, 5.74) is 6.56. The second-order valence-corrected chi connectivity index (χ2v) is 6.32. The summed E-state index contributed by atoms with van der Waals surface area (Å²) >= 11 is 0. The summed E-state index contributed by atoms with van der Waals surface area (Å²) in [6, 6.07) is 2.33. The first-order valence-corrected chi connectivity index (χ1v) is 9.80. The van der Waals surface area contributed by atoms with Crippen LogP contribution in [0, 0.1) is 11.6 Å². The first-order valence-electron chi connectivity index (χ1n) is 9.80. The number of allylic oxidation sites excluding steroid dienone is 4. The number of nitrogen functional groups attached to an aromatic ring is 1. The third-order valence-corrected chi connectivity index (χ3v) is 4.10. The van der Waals surface area contributed by atoms with Crippen molar-refractivity contribution in [1.29, 1.82) is 0 Å². The van der Waals surface area contributed by atoms with Crippen LogP contribution in [0.15, 0.2) is 54.4 Å². The van der Waals surface area contributed by atoms with E-state index in [-0.39, 0.29) is 17.9 Å². The molecule has 0 amide bonds. The Kier molecular flexibility index (Phi) is 10.4. The normalized spacial score (nSPS) is 12.7. The highest BCUT2D eigenvalue weighted by atomic mass is 19.1. The minimum atomic E-state index is -0.807. The summed E-state index contributed by atoms with van der Waals surface area (Å²) in [7, 11) is 0. The van der Waals surface area contributed by atoms with Crippen molar-refractivity contribution in [2.45, 2.75) is 46.5 Å². The molecule has 4 nitrogen and oxygen atoms in total. The molecule has 1 aromatic rings. The van der Waals surface area contributed by atoms with E-state index in [1.165, 1.54) is 12.3 Å². The van der Waals surface area contributed by atoms with Crippen molar-refractivity contribution in [3.05, 3.63) is 71.6 Å². The molecule has 0 bridgehead atoms. The van der Waals surface area contributed by atoms with Crippen LogP contribution < -0.4 is 11.1 Å². The van der Waals surface area contributed by atoms with Crippen LogP contribution >= 0.6 is 0 Å². The number of unbranched alkanes of at least 4 members (excludes halogenated alkanes) is 1. The van der Waals surface area contributed by atoms with Crippen molar-refractivity contribution in [1.82, 2.24) is 5.32 Å². The minimum absolute atomic E-state index is 0.129. The Hall–Kier alpha value is -2.89. The van der Waals surface area contributed by atoms with E-state index in [0.717, 1.165) is 18.9 Å². The number of nitrogens with one attached hydrogen (secondary N) is 1. The average molecular weight is 405 g/mol. The molecule has 0 radical (unpaired) electrons. The van der Waals surface area contributed by atoms with E-state index in [1.54, 1.807) is 25.2 Å². The van der Waals surface area contributed by atoms with E-state index in [1.807, 2.05) is 13.8 Å². The minimum Gasteiger partial charge on any atom is -0.463 e. The van der Waals surface area contributed by atoms with Crippen molar-refractivity contribution in [2.75, 3.05) is 12.3 Å². The lowest BCUT2D eigenvalue weighted by molar-refractivity contribution is -0.138. The maximum atomic E-state index is 14.6. The summed E-state index contributed by atoms with van der Waals surface area (Å²) in [4.78, 5) is 12.3. The van der Waals surface area contributed by atoms with Gasteiger partial charge in [0.25, 0.3) is 0 Å². The topological polar surface area (TPSA) is 64.3 Å². The number of carbonyl (C=O) groups excluding carboxylic acids is 1. The molecule has 0 aliphatic carbocycles. The van der Waals surface area contributed by atoms with Gasteiger partial charge in [-0.1, -0.05) is 45.4 Å². The molecule has 0 saturated heterocycles. The number of benzene rings is 1. The van der Waals surface area contributed by atoms with Crippen LogP contribution in [-0.4, -0.2) is 12.6 Å². The van der Waals surface area contributed by atoms with E-state index in [0.29, 0.717) is 29.7 Å². The zero-order valence-corrected chi connectivity index (χ0v) is 17.4. The fourth-order valence-corrected chi connectivity index (χ4v) is 2.72. The van der Waals surface area contributed by atoms with Crippen molar-refractivity contribution in [2.24, 2.45) is 0 Å². The summed E-state index contributed by atoms with van der Waals surface area (Å²) in [6.45, 7) is 9.53. The van der Waals surface area contributed by atoms with Gasteiger partial charge in [0.15, 0.2) is 5.82 Å². The van der Waals surface area contributed by atoms with Crippen molar-refractivity contribution < 1.29 is 18.3 Å². The highest BCUT2D eigenvalue weighted by Crippen LogP contribution is 2.28. The molecule has 3 N–H and O–H groups in total. The van der Waals surface area contributed by atoms with Crippen LogP contribution in [0.25, 0.3) is 5.57 Å². The molecule has 1 rings (SSSR count). The van der Waals surface area contributed by atoms with Gasteiger partial charge in [-0.15, -0.1) is 0 Å². The van der Waals surface area contributed by atoms with Crippen molar-refractivity contribution >= 4 is 17.2 Å². The second-order valence-electron chi connectivity index (χ2n) is 6.32. The number of carbonyl (C=O) groups is 1. The van der Waals surface area contributed by atoms with E-state index in [4.69, 9.17) is 10.5 Å². The summed E-state index contributed by atoms with van der Waals surface area (Å²) in [6.07, 6.45) is 8.99. The van der Waals surface area contributed by atoms with Gasteiger partial charge in [0.1, 0.15) is 5.82 Å². The molecule has 0 spiro atoms. The fraction of sp³-hybridized carbons (Fsp3) is 0.348. The predicted octanol–water partition coefficient (Wildman–Crippen LogP) is 5.64. The molecule has 0 aliphatic heterocycles. The lowest BCUT2D eigenvalue weighted by Crippen LogP contribution is -2.15. The number of hydrogen-bond donors (Lipinski definition) is 2. The van der Waals surface area contributed by atoms with Crippen LogP contribution in [0.4, 0.5) is 14.5 Å². The Morgan fingerprint density at radius 1 is 1.21 bits per heavy atom. The molecule has 0 heterocycles. The molecular weight excluding hydrogens is 374 g/mol. The third-order valence-electron chi connectivity index (χ3n) is 4.10. The monoisotopic (exact) mass is 404 g/mol. The smallest absolute Gasteiger partial charge is 0.336 e. The number of rotatable bonds is 11. The molecule has 29 heavy (non-hydrogen) atoms. The highest BCUT2D eigenvalue weighted by molar-refractivity contribution is 5.90. The lowest BCUT2D eigenvalue weighted by Gasteiger charge is -2.12. The Morgan fingerprint density at radius 3 is 2.52 bits per heavy atom. The Bertz CT molecular complexity index is 811.